The van der Waals surface area contributed by atoms with Crippen molar-refractivity contribution in [1.29, 1.82) is 0 Å². The highest BCUT2D eigenvalue weighted by atomic mass is 19.2. The maximum atomic E-state index is 13.9. The van der Waals surface area contributed by atoms with Crippen molar-refractivity contribution in [3.05, 3.63) is 71.9 Å². The Morgan fingerprint density at radius 1 is 1.05 bits per heavy atom. The molecular formula is C27H29F2N3O5. The van der Waals surface area contributed by atoms with Crippen LogP contribution in [-0.2, 0) is 25.5 Å². The molecule has 1 N–H and O–H groups in total. The first-order chi connectivity index (χ1) is 17.8. The number of pyridine rings is 1. The maximum Gasteiger partial charge on any atom is 0.412 e. The van der Waals surface area contributed by atoms with Crippen molar-refractivity contribution in [2.24, 2.45) is 0 Å². The lowest BCUT2D eigenvalue weighted by atomic mass is 10.1. The first kappa shape index (κ1) is 27.5. The number of nitrogens with one attached hydrogen (secondary N) is 1. The minimum absolute atomic E-state index is 0.0184. The summed E-state index contributed by atoms with van der Waals surface area (Å²) in [5.74, 6) is -2.29. The summed E-state index contributed by atoms with van der Waals surface area (Å²) in [6, 6.07) is 12.6. The van der Waals surface area contributed by atoms with Crippen LogP contribution in [0.15, 0.2) is 54.7 Å². The molecule has 0 saturated heterocycles. The number of methoxy groups -OCH3 is 1. The molecule has 0 bridgehead atoms. The summed E-state index contributed by atoms with van der Waals surface area (Å²) >= 11 is 0. The van der Waals surface area contributed by atoms with E-state index in [-0.39, 0.29) is 43.8 Å². The molecule has 8 nitrogen and oxygen atoms in total. The quantitative estimate of drug-likeness (QED) is 0.368. The second kappa shape index (κ2) is 13.3. The van der Waals surface area contributed by atoms with E-state index in [0.29, 0.717) is 12.2 Å². The number of benzene rings is 2. The van der Waals surface area contributed by atoms with Gasteiger partial charge in [0.25, 0.3) is 0 Å². The van der Waals surface area contributed by atoms with Gasteiger partial charge < -0.3 is 14.4 Å². The van der Waals surface area contributed by atoms with Crippen LogP contribution in [0, 0.1) is 11.6 Å². The number of carbonyl (C=O) groups excluding carboxylic acids is 3. The molecule has 2 aromatic carbocycles. The Balaban J connectivity index is 1.56. The zero-order chi connectivity index (χ0) is 26.8. The van der Waals surface area contributed by atoms with E-state index in [0.717, 1.165) is 16.8 Å². The molecule has 0 radical (unpaired) electrons. The van der Waals surface area contributed by atoms with Gasteiger partial charge in [-0.2, -0.15) is 0 Å². The van der Waals surface area contributed by atoms with Crippen molar-refractivity contribution >= 4 is 34.6 Å². The monoisotopic (exact) mass is 513 g/mol. The van der Waals surface area contributed by atoms with Crippen LogP contribution in [0.25, 0.3) is 10.8 Å². The van der Waals surface area contributed by atoms with Gasteiger partial charge in [0.15, 0.2) is 11.6 Å². The van der Waals surface area contributed by atoms with Gasteiger partial charge in [-0.25, -0.2) is 18.6 Å². The number of hydrogen-bond donors (Lipinski definition) is 1. The van der Waals surface area contributed by atoms with Crippen molar-refractivity contribution in [2.45, 2.75) is 38.1 Å². The highest BCUT2D eigenvalue weighted by Crippen LogP contribution is 2.18. The number of ether oxygens (including phenoxy) is 2. The van der Waals surface area contributed by atoms with E-state index in [9.17, 15) is 23.2 Å². The lowest BCUT2D eigenvalue weighted by Gasteiger charge is -2.28. The van der Waals surface area contributed by atoms with E-state index in [2.05, 4.69) is 15.0 Å². The SMILES string of the molecule is COC(=O)CC[C@@H](COC(=O)Nc1cc2ccccc2cn1)N(C)C(=O)CCCc1cccc(F)c1F. The second-order valence-corrected chi connectivity index (χ2v) is 8.48. The van der Waals surface area contributed by atoms with Gasteiger partial charge in [-0.05, 0) is 42.3 Å². The Morgan fingerprint density at radius 3 is 2.57 bits per heavy atom. The fraction of sp³-hybridized carbons (Fsp3) is 0.333. The van der Waals surface area contributed by atoms with E-state index in [1.165, 1.54) is 24.1 Å². The van der Waals surface area contributed by atoms with Crippen LogP contribution in [0.5, 0.6) is 0 Å². The highest BCUT2D eigenvalue weighted by molar-refractivity contribution is 5.89. The molecule has 3 rings (SSSR count). The van der Waals surface area contributed by atoms with Gasteiger partial charge in [-0.1, -0.05) is 36.4 Å². The molecule has 0 aliphatic rings. The first-order valence-corrected chi connectivity index (χ1v) is 11.8. The lowest BCUT2D eigenvalue weighted by molar-refractivity contribution is -0.142. The largest absolute Gasteiger partial charge is 0.469 e. The summed E-state index contributed by atoms with van der Waals surface area (Å²) in [5, 5.41) is 4.38. The maximum absolute atomic E-state index is 13.9. The number of hydrogen-bond acceptors (Lipinski definition) is 6. The van der Waals surface area contributed by atoms with Crippen LogP contribution < -0.4 is 5.32 Å². The molecular weight excluding hydrogens is 484 g/mol. The van der Waals surface area contributed by atoms with E-state index in [1.54, 1.807) is 19.3 Å². The Bertz CT molecular complexity index is 1250. The molecule has 1 atom stereocenters. The van der Waals surface area contributed by atoms with Gasteiger partial charge in [0.2, 0.25) is 5.91 Å². The molecule has 0 spiro atoms. The van der Waals surface area contributed by atoms with Crippen LogP contribution in [0.1, 0.15) is 31.2 Å². The van der Waals surface area contributed by atoms with Gasteiger partial charge in [0.05, 0.1) is 13.2 Å². The van der Waals surface area contributed by atoms with Crippen molar-refractivity contribution in [2.75, 3.05) is 26.1 Å². The van der Waals surface area contributed by atoms with Crippen LogP contribution >= 0.6 is 0 Å². The topological polar surface area (TPSA) is 97.8 Å². The molecule has 0 fully saturated rings. The van der Waals surface area contributed by atoms with Crippen LogP contribution in [-0.4, -0.2) is 54.7 Å². The van der Waals surface area contributed by atoms with E-state index in [1.807, 2.05) is 24.3 Å². The lowest BCUT2D eigenvalue weighted by Crippen LogP contribution is -2.41. The van der Waals surface area contributed by atoms with Crippen LogP contribution in [0.2, 0.25) is 0 Å². The molecule has 2 amide bonds. The number of amides is 2. The molecule has 0 unspecified atom stereocenters. The number of halogens is 2. The van der Waals surface area contributed by atoms with Gasteiger partial charge in [0.1, 0.15) is 12.4 Å². The Labute approximate surface area is 213 Å². The summed E-state index contributed by atoms with van der Waals surface area (Å²) in [4.78, 5) is 42.4. The average Bonchev–Trinajstić information content (AvgIpc) is 2.90. The Morgan fingerprint density at radius 2 is 1.81 bits per heavy atom. The summed E-state index contributed by atoms with van der Waals surface area (Å²) in [5.41, 5.74) is 0.194. The minimum atomic E-state index is -0.932. The molecule has 37 heavy (non-hydrogen) atoms. The second-order valence-electron chi connectivity index (χ2n) is 8.48. The third-order valence-corrected chi connectivity index (χ3v) is 5.99. The summed E-state index contributed by atoms with van der Waals surface area (Å²) in [6.45, 7) is -0.169. The number of nitrogens with zero attached hydrogens (tertiary/aromatic N) is 2. The molecule has 1 aromatic heterocycles. The smallest absolute Gasteiger partial charge is 0.412 e. The van der Waals surface area contributed by atoms with Gasteiger partial charge in [-0.3, -0.25) is 14.9 Å². The highest BCUT2D eigenvalue weighted by Gasteiger charge is 2.23. The molecule has 0 aliphatic carbocycles. The van der Waals surface area contributed by atoms with Gasteiger partial charge in [0, 0.05) is 31.5 Å². The molecule has 0 saturated carbocycles. The van der Waals surface area contributed by atoms with E-state index >= 15 is 0 Å². The number of aromatic nitrogens is 1. The third-order valence-electron chi connectivity index (χ3n) is 5.99. The predicted molar refractivity (Wildman–Crippen MR) is 134 cm³/mol. The number of aryl methyl sites for hydroxylation is 1. The Hall–Kier alpha value is -4.08. The summed E-state index contributed by atoms with van der Waals surface area (Å²) in [7, 11) is 2.80. The van der Waals surface area contributed by atoms with E-state index < -0.39 is 29.7 Å². The van der Waals surface area contributed by atoms with Gasteiger partial charge >= 0.3 is 12.1 Å². The fourth-order valence-electron chi connectivity index (χ4n) is 3.79. The summed E-state index contributed by atoms with van der Waals surface area (Å²) in [6.07, 6.45) is 1.64. The number of anilines is 1. The fourth-order valence-corrected chi connectivity index (χ4v) is 3.79. The van der Waals surface area contributed by atoms with E-state index in [4.69, 9.17) is 4.74 Å². The van der Waals surface area contributed by atoms with Crippen molar-refractivity contribution in [3.63, 3.8) is 0 Å². The third kappa shape index (κ3) is 7.96. The standard InChI is InChI=1S/C27H29F2N3O5/c1-32(24(33)12-6-10-18-9-5-11-22(28)26(18)29)21(13-14-25(34)36-2)17-37-27(35)31-23-15-19-7-3-4-8-20(19)16-30-23/h3-5,7-9,11,15-16,21H,6,10,12-14,17H2,1-2H3,(H,30,31,35)/t21-/m0/s1. The summed E-state index contributed by atoms with van der Waals surface area (Å²) < 4.78 is 37.3. The zero-order valence-electron chi connectivity index (χ0n) is 20.7. The normalized spacial score (nSPS) is 11.6. The molecule has 10 heteroatoms. The molecule has 196 valence electrons. The molecule has 3 aromatic rings. The minimum Gasteiger partial charge on any atom is -0.469 e. The van der Waals surface area contributed by atoms with Crippen molar-refractivity contribution in [1.82, 2.24) is 9.88 Å². The number of rotatable bonds is 11. The van der Waals surface area contributed by atoms with Crippen molar-refractivity contribution in [3.8, 4) is 0 Å². The number of likely N-dealkylation sites (N-methyl/N-ethyl adjacent to an activating group) is 1. The Kier molecular flexibility index (Phi) is 9.88. The number of carbonyl (C=O) groups is 3. The van der Waals surface area contributed by atoms with Crippen molar-refractivity contribution < 1.29 is 32.6 Å². The molecule has 1 heterocycles. The average molecular weight is 514 g/mol. The molecule has 0 aliphatic heterocycles. The number of fused-ring (bicyclic) bond motifs is 1. The number of esters is 1. The van der Waals surface area contributed by atoms with Crippen LogP contribution in [0.3, 0.4) is 0 Å². The first-order valence-electron chi connectivity index (χ1n) is 11.8. The zero-order valence-corrected chi connectivity index (χ0v) is 20.7. The predicted octanol–water partition coefficient (Wildman–Crippen LogP) is 4.86. The van der Waals surface area contributed by atoms with Crippen LogP contribution in [0.4, 0.5) is 19.4 Å². The van der Waals surface area contributed by atoms with Gasteiger partial charge in [-0.15, -0.1) is 0 Å².